The highest BCUT2D eigenvalue weighted by molar-refractivity contribution is 14.1. The van der Waals surface area contributed by atoms with E-state index in [0.717, 1.165) is 10.9 Å². The number of pyridine rings is 1. The number of hydrogen-bond acceptors (Lipinski definition) is 1. The van der Waals surface area contributed by atoms with E-state index in [1.54, 1.807) is 12.3 Å². The Bertz CT molecular complexity index is 475. The molecule has 1 aromatic heterocycles. The highest BCUT2D eigenvalue weighted by atomic mass is 127. The Kier molecular flexibility index (Phi) is 1.88. The van der Waals surface area contributed by atoms with Crippen LogP contribution in [0.3, 0.4) is 0 Å². The zero-order valence-electron chi connectivity index (χ0n) is 6.20. The molecule has 0 radical (unpaired) electrons. The summed E-state index contributed by atoms with van der Waals surface area (Å²) < 4.78 is 1.91. The van der Waals surface area contributed by atoms with Crippen LogP contribution in [0.4, 0.5) is 0 Å². The summed E-state index contributed by atoms with van der Waals surface area (Å²) in [6, 6.07) is 9.15. The fourth-order valence-electron chi connectivity index (χ4n) is 1.17. The number of aromatic nitrogens is 1. The Labute approximate surface area is 83.3 Å². The molecular formula is C9H6INO. The Balaban J connectivity index is 3.05. The summed E-state index contributed by atoms with van der Waals surface area (Å²) in [6.45, 7) is 0. The molecule has 0 spiro atoms. The van der Waals surface area contributed by atoms with Gasteiger partial charge in [0.25, 0.3) is 0 Å². The molecule has 1 heterocycles. The van der Waals surface area contributed by atoms with E-state index in [4.69, 9.17) is 0 Å². The minimum absolute atomic E-state index is 0.0820. The molecule has 0 aliphatic carbocycles. The molecule has 0 aliphatic heterocycles. The lowest BCUT2D eigenvalue weighted by Crippen LogP contribution is -2.01. The van der Waals surface area contributed by atoms with Gasteiger partial charge in [-0.1, -0.05) is 12.1 Å². The Morgan fingerprint density at radius 2 is 1.92 bits per heavy atom. The van der Waals surface area contributed by atoms with Crippen molar-refractivity contribution in [2.75, 3.05) is 0 Å². The third kappa shape index (κ3) is 1.14. The van der Waals surface area contributed by atoms with Crippen LogP contribution in [-0.4, -0.2) is 2.78 Å². The molecule has 2 aromatic rings. The molecule has 1 aromatic carbocycles. The van der Waals surface area contributed by atoms with Gasteiger partial charge in [0.2, 0.25) is 0 Å². The number of benzene rings is 1. The van der Waals surface area contributed by atoms with Crippen LogP contribution in [0.15, 0.2) is 41.3 Å². The van der Waals surface area contributed by atoms with E-state index in [0.29, 0.717) is 0 Å². The van der Waals surface area contributed by atoms with Crippen LogP contribution in [0.25, 0.3) is 10.9 Å². The van der Waals surface area contributed by atoms with Gasteiger partial charge in [-0.25, -0.2) is 0 Å². The second-order valence-corrected chi connectivity index (χ2v) is 3.55. The van der Waals surface area contributed by atoms with Crippen molar-refractivity contribution in [3.63, 3.8) is 0 Å². The van der Waals surface area contributed by atoms with Crippen LogP contribution in [0.1, 0.15) is 0 Å². The molecule has 0 saturated heterocycles. The van der Waals surface area contributed by atoms with Crippen LogP contribution >= 0.6 is 22.9 Å². The molecule has 2 rings (SSSR count). The predicted molar refractivity (Wildman–Crippen MR) is 57.6 cm³/mol. The number of fused-ring (bicyclic) bond motifs is 1. The molecule has 0 bridgehead atoms. The highest BCUT2D eigenvalue weighted by Gasteiger charge is 1.97. The second kappa shape index (κ2) is 2.90. The van der Waals surface area contributed by atoms with Gasteiger partial charge in [-0.3, -0.25) is 7.58 Å². The van der Waals surface area contributed by atoms with Crippen LogP contribution in [0.5, 0.6) is 0 Å². The quantitative estimate of drug-likeness (QED) is 0.673. The third-order valence-corrected chi connectivity index (χ3v) is 2.60. The number of nitrogens with zero attached hydrogens (tertiary/aromatic N) is 1. The number of para-hydroxylation sites is 1. The average Bonchev–Trinajstić information content (AvgIpc) is 2.12. The molecule has 0 saturated carbocycles. The van der Waals surface area contributed by atoms with Gasteiger partial charge < -0.3 is 0 Å². The standard InChI is InChI=1S/C9H6INO/c10-11-6-5-9(12)7-3-1-2-4-8(7)11/h1-6H. The zero-order chi connectivity index (χ0) is 8.55. The molecule has 12 heavy (non-hydrogen) atoms. The molecule has 0 aliphatic rings. The summed E-state index contributed by atoms with van der Waals surface area (Å²) in [5.74, 6) is 0. The van der Waals surface area contributed by atoms with Gasteiger partial charge in [-0.05, 0) is 12.1 Å². The molecule has 0 amide bonds. The summed E-state index contributed by atoms with van der Waals surface area (Å²) in [7, 11) is 0. The van der Waals surface area contributed by atoms with E-state index in [1.807, 2.05) is 27.0 Å². The van der Waals surface area contributed by atoms with Crippen molar-refractivity contribution in [1.29, 1.82) is 0 Å². The van der Waals surface area contributed by atoms with Gasteiger partial charge in [-0.2, -0.15) is 0 Å². The van der Waals surface area contributed by atoms with E-state index in [2.05, 4.69) is 22.9 Å². The number of rotatable bonds is 0. The smallest absolute Gasteiger partial charge is 0.189 e. The Morgan fingerprint density at radius 3 is 2.67 bits per heavy atom. The average molecular weight is 271 g/mol. The fourth-order valence-corrected chi connectivity index (χ4v) is 1.75. The van der Waals surface area contributed by atoms with Crippen molar-refractivity contribution < 1.29 is 0 Å². The zero-order valence-corrected chi connectivity index (χ0v) is 8.36. The lowest BCUT2D eigenvalue weighted by Gasteiger charge is -2.00. The fraction of sp³-hybridized carbons (Fsp3) is 0. The van der Waals surface area contributed by atoms with Gasteiger partial charge >= 0.3 is 0 Å². The summed E-state index contributed by atoms with van der Waals surface area (Å²) in [5.41, 5.74) is 1.05. The maximum atomic E-state index is 11.3. The predicted octanol–water partition coefficient (Wildman–Crippen LogP) is 2.20. The summed E-state index contributed by atoms with van der Waals surface area (Å²) in [6.07, 6.45) is 1.77. The van der Waals surface area contributed by atoms with Gasteiger partial charge in [-0.15, -0.1) is 0 Å². The van der Waals surface area contributed by atoms with Crippen LogP contribution < -0.4 is 5.43 Å². The van der Waals surface area contributed by atoms with Crippen LogP contribution in [-0.2, 0) is 0 Å². The van der Waals surface area contributed by atoms with Crippen molar-refractivity contribution in [2.45, 2.75) is 0 Å². The van der Waals surface area contributed by atoms with E-state index in [9.17, 15) is 4.79 Å². The molecule has 60 valence electrons. The maximum absolute atomic E-state index is 11.3. The largest absolute Gasteiger partial charge is 0.289 e. The molecule has 0 unspecified atom stereocenters. The van der Waals surface area contributed by atoms with Crippen molar-refractivity contribution >= 4 is 33.8 Å². The van der Waals surface area contributed by atoms with Crippen molar-refractivity contribution in [3.05, 3.63) is 46.8 Å². The molecule has 3 heteroatoms. The van der Waals surface area contributed by atoms with Crippen molar-refractivity contribution in [1.82, 2.24) is 2.78 Å². The van der Waals surface area contributed by atoms with E-state index in [1.165, 1.54) is 0 Å². The summed E-state index contributed by atoms with van der Waals surface area (Å²) in [4.78, 5) is 11.3. The van der Waals surface area contributed by atoms with Gasteiger partial charge in [0.15, 0.2) is 5.43 Å². The summed E-state index contributed by atoms with van der Waals surface area (Å²) >= 11 is 2.15. The lowest BCUT2D eigenvalue weighted by molar-refractivity contribution is 1.35. The molecule has 0 fully saturated rings. The Morgan fingerprint density at radius 1 is 1.17 bits per heavy atom. The first kappa shape index (κ1) is 7.79. The lowest BCUT2D eigenvalue weighted by atomic mass is 10.2. The highest BCUT2D eigenvalue weighted by Crippen LogP contribution is 2.11. The first-order chi connectivity index (χ1) is 5.79. The number of hydrogen-bond donors (Lipinski definition) is 0. The van der Waals surface area contributed by atoms with Crippen molar-refractivity contribution in [2.24, 2.45) is 0 Å². The molecular weight excluding hydrogens is 265 g/mol. The monoisotopic (exact) mass is 271 g/mol. The molecule has 2 nitrogen and oxygen atoms in total. The van der Waals surface area contributed by atoms with Gasteiger partial charge in [0.05, 0.1) is 28.4 Å². The Hall–Kier alpha value is -0.840. The first-order valence-corrected chi connectivity index (χ1v) is 4.52. The SMILES string of the molecule is O=c1ccn(I)c2ccccc12. The second-order valence-electron chi connectivity index (χ2n) is 2.51. The van der Waals surface area contributed by atoms with E-state index in [-0.39, 0.29) is 5.43 Å². The van der Waals surface area contributed by atoms with E-state index < -0.39 is 0 Å². The minimum Gasteiger partial charge on any atom is -0.289 e. The van der Waals surface area contributed by atoms with E-state index >= 15 is 0 Å². The topological polar surface area (TPSA) is 22.0 Å². The van der Waals surface area contributed by atoms with Gasteiger partial charge in [0, 0.05) is 17.6 Å². The van der Waals surface area contributed by atoms with Gasteiger partial charge in [0.1, 0.15) is 0 Å². The third-order valence-electron chi connectivity index (χ3n) is 1.76. The minimum atomic E-state index is 0.0820. The molecule has 0 atom stereocenters. The van der Waals surface area contributed by atoms with Crippen LogP contribution in [0, 0.1) is 0 Å². The van der Waals surface area contributed by atoms with Crippen molar-refractivity contribution in [3.8, 4) is 0 Å². The molecule has 0 N–H and O–H groups in total. The number of halogens is 1. The first-order valence-electron chi connectivity index (χ1n) is 3.55. The summed E-state index contributed by atoms with van der Waals surface area (Å²) in [5, 5.41) is 0.773. The van der Waals surface area contributed by atoms with Crippen LogP contribution in [0.2, 0.25) is 0 Å². The normalized spacial score (nSPS) is 10.4. The maximum Gasteiger partial charge on any atom is 0.189 e.